The molecule has 0 atom stereocenters. The number of carbonyl (C=O) groups is 2. The summed E-state index contributed by atoms with van der Waals surface area (Å²) in [5.74, 6) is -0.430. The second kappa shape index (κ2) is 11.3. The summed E-state index contributed by atoms with van der Waals surface area (Å²) >= 11 is 0. The summed E-state index contributed by atoms with van der Waals surface area (Å²) in [4.78, 5) is 24.5. The van der Waals surface area contributed by atoms with Crippen LogP contribution >= 0.6 is 0 Å². The van der Waals surface area contributed by atoms with E-state index in [0.29, 0.717) is 17.1 Å². The molecule has 0 aliphatic rings. The first-order chi connectivity index (χ1) is 16.3. The summed E-state index contributed by atoms with van der Waals surface area (Å²) in [5, 5.41) is 5.28. The topological polar surface area (TPSA) is 114 Å². The molecule has 34 heavy (non-hydrogen) atoms. The minimum absolute atomic E-state index is 0.0635. The van der Waals surface area contributed by atoms with Crippen LogP contribution in [-0.4, -0.2) is 47.8 Å². The van der Waals surface area contributed by atoms with Crippen LogP contribution in [0.3, 0.4) is 0 Å². The molecule has 3 aromatic rings. The second-order valence-corrected chi connectivity index (χ2v) is 9.09. The number of amides is 2. The van der Waals surface area contributed by atoms with Crippen LogP contribution in [0.4, 0.5) is 21.9 Å². The predicted octanol–water partition coefficient (Wildman–Crippen LogP) is 3.96. The average Bonchev–Trinajstić information content (AvgIpc) is 2.84. The molecule has 10 heteroatoms. The van der Waals surface area contributed by atoms with Crippen molar-refractivity contribution in [3.8, 4) is 0 Å². The monoisotopic (exact) mass is 483 g/mol. The lowest BCUT2D eigenvalue weighted by Gasteiger charge is -2.19. The van der Waals surface area contributed by atoms with E-state index in [0.717, 1.165) is 0 Å². The van der Waals surface area contributed by atoms with Gasteiger partial charge in [-0.1, -0.05) is 24.3 Å². The van der Waals surface area contributed by atoms with Gasteiger partial charge in [-0.05, 0) is 54.6 Å². The highest BCUT2D eigenvalue weighted by molar-refractivity contribution is 7.92. The number of anilines is 3. The molecular formula is C24H25N3O6S. The van der Waals surface area contributed by atoms with Crippen LogP contribution in [-0.2, 0) is 19.5 Å². The minimum atomic E-state index is -3.78. The smallest absolute Gasteiger partial charge is 0.411 e. The zero-order chi connectivity index (χ0) is 24.6. The van der Waals surface area contributed by atoms with Gasteiger partial charge in [0.25, 0.3) is 15.9 Å². The third kappa shape index (κ3) is 6.33. The fourth-order valence-corrected chi connectivity index (χ4v) is 4.16. The summed E-state index contributed by atoms with van der Waals surface area (Å²) in [6, 6.07) is 20.9. The number of nitrogens with zero attached hydrogens (tertiary/aromatic N) is 1. The molecule has 2 amide bonds. The number of hydrogen-bond donors (Lipinski definition) is 2. The molecule has 0 fully saturated rings. The Morgan fingerprint density at radius 2 is 1.50 bits per heavy atom. The zero-order valence-electron chi connectivity index (χ0n) is 18.7. The average molecular weight is 484 g/mol. The van der Waals surface area contributed by atoms with E-state index >= 15 is 0 Å². The number of benzene rings is 3. The molecule has 3 rings (SSSR count). The van der Waals surface area contributed by atoms with E-state index in [2.05, 4.69) is 10.6 Å². The van der Waals surface area contributed by atoms with E-state index in [1.165, 1.54) is 42.7 Å². The van der Waals surface area contributed by atoms with Crippen LogP contribution in [0.1, 0.15) is 10.4 Å². The van der Waals surface area contributed by atoms with E-state index in [1.54, 1.807) is 54.6 Å². The number of methoxy groups -OCH3 is 1. The summed E-state index contributed by atoms with van der Waals surface area (Å²) in [7, 11) is -0.802. The highest BCUT2D eigenvalue weighted by Crippen LogP contribution is 2.22. The van der Waals surface area contributed by atoms with Crippen molar-refractivity contribution in [1.82, 2.24) is 0 Å². The molecule has 0 unspecified atom stereocenters. The molecular weight excluding hydrogens is 458 g/mol. The van der Waals surface area contributed by atoms with E-state index in [9.17, 15) is 18.0 Å². The third-order valence-electron chi connectivity index (χ3n) is 4.78. The van der Waals surface area contributed by atoms with Gasteiger partial charge in [-0.15, -0.1) is 0 Å². The second-order valence-electron chi connectivity index (χ2n) is 7.12. The first kappa shape index (κ1) is 24.7. The minimum Gasteiger partial charge on any atom is -0.447 e. The Morgan fingerprint density at radius 1 is 0.853 bits per heavy atom. The van der Waals surface area contributed by atoms with Crippen LogP contribution in [0.15, 0.2) is 83.8 Å². The van der Waals surface area contributed by atoms with Gasteiger partial charge < -0.3 is 14.8 Å². The normalized spacial score (nSPS) is 10.9. The van der Waals surface area contributed by atoms with Crippen LogP contribution in [0.2, 0.25) is 0 Å². The van der Waals surface area contributed by atoms with E-state index in [4.69, 9.17) is 9.47 Å². The largest absolute Gasteiger partial charge is 0.447 e. The highest BCUT2D eigenvalue weighted by atomic mass is 32.2. The molecule has 0 aromatic heterocycles. The molecule has 0 bridgehead atoms. The van der Waals surface area contributed by atoms with Crippen molar-refractivity contribution in [2.24, 2.45) is 0 Å². The number of hydrogen-bond acceptors (Lipinski definition) is 6. The van der Waals surface area contributed by atoms with E-state index in [1.807, 2.05) is 0 Å². The summed E-state index contributed by atoms with van der Waals surface area (Å²) < 4.78 is 36.7. The molecule has 3 aromatic carbocycles. The van der Waals surface area contributed by atoms with Gasteiger partial charge >= 0.3 is 6.09 Å². The zero-order valence-corrected chi connectivity index (χ0v) is 19.5. The first-order valence-corrected chi connectivity index (χ1v) is 11.7. The Morgan fingerprint density at radius 3 is 2.15 bits per heavy atom. The molecule has 0 aliphatic heterocycles. The Bertz CT molecular complexity index is 1230. The fraction of sp³-hybridized carbons (Fsp3) is 0.167. The lowest BCUT2D eigenvalue weighted by atomic mass is 10.2. The van der Waals surface area contributed by atoms with Crippen molar-refractivity contribution in [3.05, 3.63) is 84.4 Å². The van der Waals surface area contributed by atoms with Crippen LogP contribution < -0.4 is 14.9 Å². The van der Waals surface area contributed by atoms with E-state index in [-0.39, 0.29) is 23.7 Å². The van der Waals surface area contributed by atoms with Crippen molar-refractivity contribution in [1.29, 1.82) is 0 Å². The van der Waals surface area contributed by atoms with Crippen molar-refractivity contribution in [2.45, 2.75) is 4.90 Å². The Balaban J connectivity index is 1.65. The molecule has 0 aliphatic carbocycles. The molecule has 0 saturated carbocycles. The summed E-state index contributed by atoms with van der Waals surface area (Å²) in [6.45, 7) is 0.401. The third-order valence-corrected chi connectivity index (χ3v) is 6.58. The highest BCUT2D eigenvalue weighted by Gasteiger charge is 2.21. The number of carbonyl (C=O) groups excluding carboxylic acids is 2. The predicted molar refractivity (Wildman–Crippen MR) is 130 cm³/mol. The van der Waals surface area contributed by atoms with Crippen molar-refractivity contribution < 1.29 is 27.5 Å². The summed E-state index contributed by atoms with van der Waals surface area (Å²) in [6.07, 6.45) is -0.641. The van der Waals surface area contributed by atoms with Gasteiger partial charge in [-0.3, -0.25) is 14.4 Å². The fourth-order valence-electron chi connectivity index (χ4n) is 2.96. The van der Waals surface area contributed by atoms with Crippen LogP contribution in [0.5, 0.6) is 0 Å². The Labute approximate surface area is 198 Å². The number of ether oxygens (including phenoxy) is 2. The van der Waals surface area contributed by atoms with Crippen molar-refractivity contribution >= 4 is 39.1 Å². The molecule has 0 saturated heterocycles. The van der Waals surface area contributed by atoms with Crippen LogP contribution in [0.25, 0.3) is 0 Å². The standard InChI is InChI=1S/C24H25N3O6S/c1-27(21-9-4-3-5-10-21)34(30,31)22-13-11-18(12-14-22)23(28)25-19-7-6-8-20(17-19)26-24(29)33-16-15-32-2/h3-14,17H,15-16H2,1-2H3,(H,25,28)(H,26,29). The number of nitrogens with one attached hydrogen (secondary N) is 2. The molecule has 2 N–H and O–H groups in total. The lowest BCUT2D eigenvalue weighted by molar-refractivity contribution is 0.102. The molecule has 9 nitrogen and oxygen atoms in total. The van der Waals surface area contributed by atoms with Crippen LogP contribution in [0, 0.1) is 0 Å². The van der Waals surface area contributed by atoms with Gasteiger partial charge in [-0.2, -0.15) is 0 Å². The van der Waals surface area contributed by atoms with Gasteiger partial charge in [0, 0.05) is 31.1 Å². The maximum Gasteiger partial charge on any atom is 0.411 e. The van der Waals surface area contributed by atoms with Crippen molar-refractivity contribution in [3.63, 3.8) is 0 Å². The Kier molecular flexibility index (Phi) is 8.23. The maximum atomic E-state index is 12.9. The van der Waals surface area contributed by atoms with Gasteiger partial charge in [0.1, 0.15) is 6.61 Å². The van der Waals surface area contributed by atoms with Gasteiger partial charge in [0.05, 0.1) is 17.2 Å². The SMILES string of the molecule is COCCOC(=O)Nc1cccc(NC(=O)c2ccc(S(=O)(=O)N(C)c3ccccc3)cc2)c1. The lowest BCUT2D eigenvalue weighted by Crippen LogP contribution is -2.26. The van der Waals surface area contributed by atoms with E-state index < -0.39 is 22.0 Å². The number of sulfonamides is 1. The van der Waals surface area contributed by atoms with Gasteiger partial charge in [0.2, 0.25) is 0 Å². The van der Waals surface area contributed by atoms with Gasteiger partial charge in [0.15, 0.2) is 0 Å². The molecule has 0 spiro atoms. The van der Waals surface area contributed by atoms with Gasteiger partial charge in [-0.25, -0.2) is 13.2 Å². The van der Waals surface area contributed by atoms with Crippen molar-refractivity contribution in [2.75, 3.05) is 42.3 Å². The Hall–Kier alpha value is -3.89. The summed E-state index contributed by atoms with van der Waals surface area (Å²) in [5.41, 5.74) is 1.69. The molecule has 0 radical (unpaired) electrons. The number of para-hydroxylation sites is 1. The molecule has 0 heterocycles. The maximum absolute atomic E-state index is 12.9. The number of rotatable bonds is 9. The quantitative estimate of drug-likeness (QED) is 0.446. The first-order valence-electron chi connectivity index (χ1n) is 10.3. The molecule has 178 valence electrons.